The van der Waals surface area contributed by atoms with Crippen molar-refractivity contribution >= 4 is 55.9 Å². The highest BCUT2D eigenvalue weighted by Crippen LogP contribution is 2.49. The molecule has 5 aliphatic rings. The van der Waals surface area contributed by atoms with E-state index in [4.69, 9.17) is 40.1 Å². The molecule has 0 saturated carbocycles. The SMILES string of the molecule is Cc1cc(=O)c2c(O)c3c(cc2o1)O[C@@]1(C)CCSSCc2c(cc(CN4C=C5C=CN=C5C4)nc2N)-c2cc(cc(N)n2)CC[C@@H]2O[C@]2(CCCO)C(=O)O[C@H]1C3. The molecule has 5 aliphatic heterocycles. The van der Waals surface area contributed by atoms with Gasteiger partial charge < -0.3 is 45.2 Å². The Hall–Kier alpha value is -5.03. The number of phenols is 1. The van der Waals surface area contributed by atoms with Crippen LogP contribution in [0.25, 0.3) is 22.2 Å². The Morgan fingerprint density at radius 1 is 1.07 bits per heavy atom. The molecule has 4 aromatic rings. The lowest BCUT2D eigenvalue weighted by Crippen LogP contribution is -2.53. The number of nitrogens with zero attached hydrogens (tertiary/aromatic N) is 4. The van der Waals surface area contributed by atoms with Crippen molar-refractivity contribution in [2.45, 2.75) is 88.1 Å². The Labute approximate surface area is 342 Å². The highest BCUT2D eigenvalue weighted by molar-refractivity contribution is 8.76. The van der Waals surface area contributed by atoms with E-state index in [1.54, 1.807) is 34.6 Å². The van der Waals surface area contributed by atoms with Gasteiger partial charge in [0.25, 0.3) is 0 Å². The van der Waals surface area contributed by atoms with Crippen molar-refractivity contribution in [2.24, 2.45) is 4.99 Å². The molecule has 14 nitrogen and oxygen atoms in total. The molecule has 16 heteroatoms. The third-order valence-corrected chi connectivity index (χ3v) is 13.9. The molecular weight excluding hydrogens is 781 g/mol. The Morgan fingerprint density at radius 2 is 1.93 bits per heavy atom. The van der Waals surface area contributed by atoms with Gasteiger partial charge in [-0.25, -0.2) is 14.8 Å². The molecule has 0 aliphatic carbocycles. The smallest absolute Gasteiger partial charge is 0.341 e. The van der Waals surface area contributed by atoms with Crippen LogP contribution in [0.2, 0.25) is 0 Å². The van der Waals surface area contributed by atoms with Crippen molar-refractivity contribution in [3.8, 4) is 22.8 Å². The van der Waals surface area contributed by atoms with Crippen molar-refractivity contribution in [1.29, 1.82) is 0 Å². The molecule has 58 heavy (non-hydrogen) atoms. The van der Waals surface area contributed by atoms with E-state index in [1.807, 2.05) is 37.4 Å². The van der Waals surface area contributed by atoms with Gasteiger partial charge in [0.2, 0.25) is 0 Å². The summed E-state index contributed by atoms with van der Waals surface area (Å²) >= 11 is 0. The summed E-state index contributed by atoms with van der Waals surface area (Å²) in [5, 5.41) is 21.3. The zero-order chi connectivity index (χ0) is 40.3. The number of aryl methyl sites for hydroxylation is 2. The van der Waals surface area contributed by atoms with Crippen LogP contribution in [0.5, 0.6) is 11.5 Å². The Morgan fingerprint density at radius 3 is 2.76 bits per heavy atom. The number of nitrogens with two attached hydrogens (primary N) is 2. The lowest BCUT2D eigenvalue weighted by molar-refractivity contribution is -0.169. The van der Waals surface area contributed by atoms with E-state index < -0.39 is 29.4 Å². The number of anilines is 2. The first kappa shape index (κ1) is 38.5. The number of ether oxygens (including phenoxy) is 3. The molecule has 9 rings (SSSR count). The van der Waals surface area contributed by atoms with Gasteiger partial charge >= 0.3 is 5.97 Å². The molecule has 1 aromatic carbocycles. The first-order valence-electron chi connectivity index (χ1n) is 19.4. The second-order valence-electron chi connectivity index (χ2n) is 15.7. The van der Waals surface area contributed by atoms with E-state index in [2.05, 4.69) is 16.1 Å². The van der Waals surface area contributed by atoms with Crippen LogP contribution in [-0.2, 0) is 39.4 Å². The number of phenolic OH excluding ortho intramolecular Hbond substituents is 1. The summed E-state index contributed by atoms with van der Waals surface area (Å²) in [7, 11) is 3.24. The standard InChI is InChI=1S/C42H44N6O8S2/c1-22-12-31(50)37-33(53-22)17-32-27(38(37)51)16-35-41(2,55-32)8-11-57-58-21-28-26(15-25(46-39(28)44)19-48-18-24-6-9-45-30(24)20-48)29-13-23(14-36(43)47-29)4-5-34-42(56-34,7-3-10-49)40(52)54-35/h6,9,12-15,17-18,34-35,49,51H,3-5,7-8,10-11,16,19-21H2,1-2H3,(H2,43,47)(H2,44,46)/t34-,35-,41-,42-/m0/s1. The fourth-order valence-electron chi connectivity index (χ4n) is 8.48. The second-order valence-corrected chi connectivity index (χ2v) is 18.3. The summed E-state index contributed by atoms with van der Waals surface area (Å²) in [4.78, 5) is 43.5. The molecule has 0 unspecified atom stereocenters. The van der Waals surface area contributed by atoms with Gasteiger partial charge in [-0.3, -0.25) is 9.79 Å². The van der Waals surface area contributed by atoms with Crippen LogP contribution in [-0.4, -0.2) is 79.1 Å². The lowest BCUT2D eigenvalue weighted by atomic mass is 9.86. The highest BCUT2D eigenvalue weighted by Gasteiger charge is 2.63. The van der Waals surface area contributed by atoms with Gasteiger partial charge in [-0.15, -0.1) is 0 Å². The summed E-state index contributed by atoms with van der Waals surface area (Å²) < 4.78 is 25.1. The maximum atomic E-state index is 14.3. The fourth-order valence-corrected chi connectivity index (χ4v) is 10.8. The van der Waals surface area contributed by atoms with Crippen LogP contribution in [0.15, 0.2) is 68.6 Å². The number of benzene rings is 1. The first-order valence-corrected chi connectivity index (χ1v) is 21.9. The van der Waals surface area contributed by atoms with Crippen LogP contribution in [0.3, 0.4) is 0 Å². The predicted molar refractivity (Wildman–Crippen MR) is 223 cm³/mol. The van der Waals surface area contributed by atoms with Gasteiger partial charge in [0.1, 0.15) is 51.6 Å². The second kappa shape index (κ2) is 15.0. The first-order chi connectivity index (χ1) is 27.9. The summed E-state index contributed by atoms with van der Waals surface area (Å²) in [6.07, 6.45) is 6.76. The van der Waals surface area contributed by atoms with E-state index in [0.717, 1.165) is 33.7 Å². The number of rotatable bonds is 5. The average Bonchev–Trinajstić information content (AvgIpc) is 3.49. The number of nitrogen functional groups attached to an aromatic ring is 2. The van der Waals surface area contributed by atoms with Gasteiger partial charge in [-0.2, -0.15) is 0 Å². The van der Waals surface area contributed by atoms with Crippen LogP contribution < -0.4 is 21.6 Å². The van der Waals surface area contributed by atoms with Crippen LogP contribution in [0.1, 0.15) is 60.8 Å². The number of pyridine rings is 2. The van der Waals surface area contributed by atoms with Crippen molar-refractivity contribution in [3.63, 3.8) is 0 Å². The summed E-state index contributed by atoms with van der Waals surface area (Å²) in [5.74, 6) is 1.86. The number of fused-ring (bicyclic) bond motifs is 9. The number of aromatic hydroxyl groups is 1. The minimum absolute atomic E-state index is 0.0455. The van der Waals surface area contributed by atoms with Crippen molar-refractivity contribution in [1.82, 2.24) is 14.9 Å². The number of allylic oxidation sites excluding steroid dienone is 1. The minimum atomic E-state index is -1.27. The van der Waals surface area contributed by atoms with E-state index >= 15 is 0 Å². The molecule has 1 fully saturated rings. The molecule has 8 heterocycles. The third-order valence-electron chi connectivity index (χ3n) is 11.6. The molecule has 0 spiro atoms. The number of hydrogen-bond acceptors (Lipinski definition) is 16. The number of epoxide rings is 1. The van der Waals surface area contributed by atoms with Gasteiger partial charge in [-0.1, -0.05) is 21.6 Å². The molecule has 0 radical (unpaired) electrons. The molecule has 1 saturated heterocycles. The number of hydrogen-bond donors (Lipinski definition) is 4. The molecule has 4 atom stereocenters. The van der Waals surface area contributed by atoms with Gasteiger partial charge in [0, 0.05) is 77.8 Å². The lowest BCUT2D eigenvalue weighted by Gasteiger charge is -2.42. The largest absolute Gasteiger partial charge is 0.507 e. The van der Waals surface area contributed by atoms with E-state index in [9.17, 15) is 19.8 Å². The van der Waals surface area contributed by atoms with Crippen molar-refractivity contribution in [3.05, 3.63) is 92.7 Å². The van der Waals surface area contributed by atoms with Gasteiger partial charge in [-0.05, 0) is 69.4 Å². The fraction of sp³-hybridized carbons (Fsp3) is 0.405. The molecule has 0 amide bonds. The topological polar surface area (TPSA) is 212 Å². The Kier molecular flexibility index (Phi) is 9.93. The zero-order valence-electron chi connectivity index (χ0n) is 32.2. The van der Waals surface area contributed by atoms with Gasteiger partial charge in [0.15, 0.2) is 11.0 Å². The van der Waals surface area contributed by atoms with E-state index in [0.29, 0.717) is 84.7 Å². The molecular formula is C42H44N6O8S2. The van der Waals surface area contributed by atoms with Gasteiger partial charge in [0.05, 0.1) is 36.3 Å². The van der Waals surface area contributed by atoms with Crippen molar-refractivity contribution < 1.29 is 33.6 Å². The maximum absolute atomic E-state index is 14.3. The minimum Gasteiger partial charge on any atom is -0.507 e. The third kappa shape index (κ3) is 7.09. The maximum Gasteiger partial charge on any atom is 0.341 e. The number of esters is 1. The van der Waals surface area contributed by atoms with Crippen LogP contribution in [0, 0.1) is 6.92 Å². The van der Waals surface area contributed by atoms with Crippen LogP contribution >= 0.6 is 21.6 Å². The number of aromatic nitrogens is 2. The number of carbonyl (C=O) groups excluding carboxylic acids is 1. The highest BCUT2D eigenvalue weighted by atomic mass is 33.1. The van der Waals surface area contributed by atoms with E-state index in [-0.39, 0.29) is 41.6 Å². The quantitative estimate of drug-likeness (QED) is 0.111. The van der Waals surface area contributed by atoms with E-state index in [1.165, 1.54) is 6.07 Å². The number of aliphatic hydroxyl groups is 1. The Balaban J connectivity index is 1.06. The summed E-state index contributed by atoms with van der Waals surface area (Å²) in [5.41, 5.74) is 17.3. The number of carbonyl (C=O) groups is 1. The monoisotopic (exact) mass is 824 g/mol. The van der Waals surface area contributed by atoms with Crippen molar-refractivity contribution in [2.75, 3.05) is 30.4 Å². The number of aliphatic imine (C=N–C) groups is 1. The zero-order valence-corrected chi connectivity index (χ0v) is 33.8. The molecule has 2 bridgehead atoms. The number of aliphatic hydroxyl groups excluding tert-OH is 1. The summed E-state index contributed by atoms with van der Waals surface area (Å²) in [6.45, 7) is 4.67. The molecule has 3 aromatic heterocycles. The Bertz CT molecular complexity index is 2510. The van der Waals surface area contributed by atoms with Crippen LogP contribution in [0.4, 0.5) is 11.6 Å². The normalized spacial score (nSPS) is 25.2. The summed E-state index contributed by atoms with van der Waals surface area (Å²) in [6, 6.07) is 8.85. The molecule has 302 valence electrons. The molecule has 6 N–H and O–H groups in total. The average molecular weight is 825 g/mol. The predicted octanol–water partition coefficient (Wildman–Crippen LogP) is 5.53.